The quantitative estimate of drug-likeness (QED) is 0.829. The predicted molar refractivity (Wildman–Crippen MR) is 80.9 cm³/mol. The van der Waals surface area contributed by atoms with Crippen LogP contribution in [0.25, 0.3) is 0 Å². The van der Waals surface area contributed by atoms with Crippen molar-refractivity contribution < 1.29 is 10.2 Å². The Kier molecular flexibility index (Phi) is 4.60. The second-order valence-corrected chi connectivity index (χ2v) is 5.25. The summed E-state index contributed by atoms with van der Waals surface area (Å²) in [5.41, 5.74) is 3.42. The predicted octanol–water partition coefficient (Wildman–Crippen LogP) is 3.12. The van der Waals surface area contributed by atoms with E-state index in [-0.39, 0.29) is 6.61 Å². The van der Waals surface area contributed by atoms with Gasteiger partial charge in [-0.1, -0.05) is 36.4 Å². The second-order valence-electron chi connectivity index (χ2n) is 4.17. The van der Waals surface area contributed by atoms with E-state index in [1.54, 1.807) is 6.07 Å². The van der Waals surface area contributed by atoms with Gasteiger partial charge in [-0.25, -0.2) is 0 Å². The van der Waals surface area contributed by atoms with Crippen LogP contribution in [0.5, 0.6) is 5.75 Å². The number of hydrogen-bond donors (Lipinski definition) is 2. The first-order chi connectivity index (χ1) is 8.72. The van der Waals surface area contributed by atoms with Crippen molar-refractivity contribution in [3.05, 3.63) is 62.7 Å². The SMILES string of the molecule is OCCc1ccc(O)c(I)c1Cc1ccccc1. The number of hydrogen-bond acceptors (Lipinski definition) is 2. The highest BCUT2D eigenvalue weighted by molar-refractivity contribution is 14.1. The van der Waals surface area contributed by atoms with Crippen LogP contribution in [0.3, 0.4) is 0 Å². The van der Waals surface area contributed by atoms with E-state index in [1.165, 1.54) is 5.56 Å². The lowest BCUT2D eigenvalue weighted by Gasteiger charge is -2.12. The first-order valence-corrected chi connectivity index (χ1v) is 6.94. The fraction of sp³-hybridized carbons (Fsp3) is 0.200. The molecule has 0 heterocycles. The van der Waals surface area contributed by atoms with Gasteiger partial charge in [-0.05, 0) is 58.2 Å². The molecule has 0 atom stereocenters. The molecule has 0 bridgehead atoms. The van der Waals surface area contributed by atoms with E-state index in [4.69, 9.17) is 5.11 Å². The molecule has 2 rings (SSSR count). The second kappa shape index (κ2) is 6.20. The van der Waals surface area contributed by atoms with E-state index < -0.39 is 0 Å². The van der Waals surface area contributed by atoms with Crippen molar-refractivity contribution in [2.45, 2.75) is 12.8 Å². The lowest BCUT2D eigenvalue weighted by atomic mass is 9.98. The smallest absolute Gasteiger partial charge is 0.129 e. The lowest BCUT2D eigenvalue weighted by molar-refractivity contribution is 0.299. The molecule has 0 saturated heterocycles. The summed E-state index contributed by atoms with van der Waals surface area (Å²) in [6.07, 6.45) is 1.40. The Bertz CT molecular complexity index is 524. The molecule has 0 aliphatic rings. The van der Waals surface area contributed by atoms with E-state index in [9.17, 15) is 5.11 Å². The molecule has 0 fully saturated rings. The molecule has 94 valence electrons. The topological polar surface area (TPSA) is 40.5 Å². The molecule has 0 amide bonds. The van der Waals surface area contributed by atoms with E-state index in [0.29, 0.717) is 12.2 Å². The highest BCUT2D eigenvalue weighted by Gasteiger charge is 2.11. The average molecular weight is 354 g/mol. The normalized spacial score (nSPS) is 10.6. The van der Waals surface area contributed by atoms with Crippen LogP contribution in [0.2, 0.25) is 0 Å². The number of halogens is 1. The zero-order chi connectivity index (χ0) is 13.0. The molecule has 0 aromatic heterocycles. The standard InChI is InChI=1S/C15H15IO2/c16-15-13(10-11-4-2-1-3-5-11)12(8-9-17)6-7-14(15)18/h1-7,17-18H,8-10H2. The van der Waals surface area contributed by atoms with E-state index in [0.717, 1.165) is 21.1 Å². The fourth-order valence-electron chi connectivity index (χ4n) is 1.99. The fourth-order valence-corrected chi connectivity index (χ4v) is 2.71. The first-order valence-electron chi connectivity index (χ1n) is 5.86. The molecule has 0 unspecified atom stereocenters. The molecular formula is C15H15IO2. The van der Waals surface area contributed by atoms with Gasteiger partial charge in [-0.15, -0.1) is 0 Å². The number of benzene rings is 2. The zero-order valence-electron chi connectivity index (χ0n) is 9.94. The molecule has 18 heavy (non-hydrogen) atoms. The largest absolute Gasteiger partial charge is 0.507 e. The molecule has 2 N–H and O–H groups in total. The highest BCUT2D eigenvalue weighted by atomic mass is 127. The van der Waals surface area contributed by atoms with Crippen LogP contribution >= 0.6 is 22.6 Å². The summed E-state index contributed by atoms with van der Waals surface area (Å²) in [5.74, 6) is 0.309. The van der Waals surface area contributed by atoms with E-state index in [1.807, 2.05) is 24.3 Å². The average Bonchev–Trinajstić information content (AvgIpc) is 2.40. The molecule has 2 aromatic rings. The van der Waals surface area contributed by atoms with Crippen molar-refractivity contribution in [1.29, 1.82) is 0 Å². The van der Waals surface area contributed by atoms with Gasteiger partial charge in [0.1, 0.15) is 5.75 Å². The lowest BCUT2D eigenvalue weighted by Crippen LogP contribution is -2.01. The summed E-state index contributed by atoms with van der Waals surface area (Å²) in [6.45, 7) is 0.128. The Morgan fingerprint density at radius 3 is 2.39 bits per heavy atom. The van der Waals surface area contributed by atoms with Gasteiger partial charge >= 0.3 is 0 Å². The van der Waals surface area contributed by atoms with Gasteiger partial charge in [0.05, 0.1) is 3.57 Å². The molecule has 0 spiro atoms. The Morgan fingerprint density at radius 2 is 1.72 bits per heavy atom. The summed E-state index contributed by atoms with van der Waals surface area (Å²) < 4.78 is 0.877. The molecule has 0 aliphatic carbocycles. The van der Waals surface area contributed by atoms with Crippen LogP contribution in [0.1, 0.15) is 16.7 Å². The Balaban J connectivity index is 2.38. The van der Waals surface area contributed by atoms with Crippen LogP contribution in [0.4, 0.5) is 0 Å². The summed E-state index contributed by atoms with van der Waals surface area (Å²) in [4.78, 5) is 0. The molecule has 2 nitrogen and oxygen atoms in total. The third kappa shape index (κ3) is 3.03. The minimum Gasteiger partial charge on any atom is -0.507 e. The maximum atomic E-state index is 9.80. The van der Waals surface area contributed by atoms with Gasteiger partial charge in [0.2, 0.25) is 0 Å². The minimum absolute atomic E-state index is 0.128. The Labute approximate surface area is 120 Å². The summed E-state index contributed by atoms with van der Waals surface area (Å²) in [7, 11) is 0. The molecule has 3 heteroatoms. The molecular weight excluding hydrogens is 339 g/mol. The zero-order valence-corrected chi connectivity index (χ0v) is 12.1. The molecule has 0 saturated carbocycles. The van der Waals surface area contributed by atoms with Crippen LogP contribution in [-0.2, 0) is 12.8 Å². The molecule has 0 aliphatic heterocycles. The van der Waals surface area contributed by atoms with Gasteiger partial charge < -0.3 is 10.2 Å². The van der Waals surface area contributed by atoms with Gasteiger partial charge in [0.15, 0.2) is 0 Å². The van der Waals surface area contributed by atoms with E-state index in [2.05, 4.69) is 34.7 Å². The number of phenols is 1. The van der Waals surface area contributed by atoms with Crippen molar-refractivity contribution in [3.63, 3.8) is 0 Å². The Morgan fingerprint density at radius 1 is 1.00 bits per heavy atom. The maximum absolute atomic E-state index is 9.80. The van der Waals surface area contributed by atoms with Gasteiger partial charge in [-0.2, -0.15) is 0 Å². The van der Waals surface area contributed by atoms with Crippen molar-refractivity contribution in [3.8, 4) is 5.75 Å². The maximum Gasteiger partial charge on any atom is 0.129 e. The van der Waals surface area contributed by atoms with E-state index >= 15 is 0 Å². The summed E-state index contributed by atoms with van der Waals surface area (Å²) >= 11 is 2.17. The molecule has 2 aromatic carbocycles. The monoisotopic (exact) mass is 354 g/mol. The van der Waals surface area contributed by atoms with Crippen LogP contribution in [0.15, 0.2) is 42.5 Å². The number of aliphatic hydroxyl groups excluding tert-OH is 1. The van der Waals surface area contributed by atoms with Gasteiger partial charge in [0.25, 0.3) is 0 Å². The van der Waals surface area contributed by atoms with Gasteiger partial charge in [-0.3, -0.25) is 0 Å². The van der Waals surface area contributed by atoms with Crippen molar-refractivity contribution in [1.82, 2.24) is 0 Å². The van der Waals surface area contributed by atoms with Crippen LogP contribution in [0, 0.1) is 3.57 Å². The van der Waals surface area contributed by atoms with Gasteiger partial charge in [0, 0.05) is 6.61 Å². The first kappa shape index (κ1) is 13.4. The van der Waals surface area contributed by atoms with Crippen molar-refractivity contribution >= 4 is 22.6 Å². The summed E-state index contributed by atoms with van der Waals surface area (Å²) in [5, 5.41) is 18.9. The van der Waals surface area contributed by atoms with Crippen LogP contribution in [-0.4, -0.2) is 16.8 Å². The van der Waals surface area contributed by atoms with Crippen molar-refractivity contribution in [2.24, 2.45) is 0 Å². The number of phenolic OH excluding ortho intramolecular Hbond substituents is 1. The number of aliphatic hydroxyl groups is 1. The van der Waals surface area contributed by atoms with Crippen molar-refractivity contribution in [2.75, 3.05) is 6.61 Å². The third-order valence-electron chi connectivity index (χ3n) is 2.92. The number of rotatable bonds is 4. The third-order valence-corrected chi connectivity index (χ3v) is 4.13. The number of aromatic hydroxyl groups is 1. The Hall–Kier alpha value is -1.07. The van der Waals surface area contributed by atoms with Crippen LogP contribution < -0.4 is 0 Å². The molecule has 0 radical (unpaired) electrons. The summed E-state index contributed by atoms with van der Waals surface area (Å²) in [6, 6.07) is 13.7. The minimum atomic E-state index is 0.128. The highest BCUT2D eigenvalue weighted by Crippen LogP contribution is 2.28.